The lowest BCUT2D eigenvalue weighted by atomic mass is 10.1. The maximum absolute atomic E-state index is 10.7. The Kier molecular flexibility index (Phi) is 4.26. The van der Waals surface area contributed by atoms with Crippen molar-refractivity contribution in [1.82, 2.24) is 5.32 Å². The number of carbonyl (C=O) groups excluding carboxylic acids is 2. The van der Waals surface area contributed by atoms with Gasteiger partial charge in [0, 0.05) is 12.5 Å². The molecule has 1 amide bonds. The van der Waals surface area contributed by atoms with E-state index in [4.69, 9.17) is 0 Å². The van der Waals surface area contributed by atoms with Gasteiger partial charge in [0.15, 0.2) is 0 Å². The Morgan fingerprint density at radius 1 is 1.55 bits per heavy atom. The van der Waals surface area contributed by atoms with Crippen LogP contribution in [0, 0.1) is 5.92 Å². The normalized spacial score (nSPS) is 11.9. The Hall–Kier alpha value is -1.06. The van der Waals surface area contributed by atoms with E-state index in [0.717, 1.165) is 0 Å². The first kappa shape index (κ1) is 9.94. The molecule has 0 heterocycles. The highest BCUT2D eigenvalue weighted by atomic mass is 16.5. The number of methoxy groups -OCH3 is 1. The zero-order valence-corrected chi connectivity index (χ0v) is 7.01. The third-order valence-electron chi connectivity index (χ3n) is 1.43. The highest BCUT2D eigenvalue weighted by Crippen LogP contribution is 1.92. The molecule has 1 N–H and O–H groups in total. The van der Waals surface area contributed by atoms with Crippen LogP contribution in [0.1, 0.15) is 13.8 Å². The Bertz CT molecular complexity index is 156. The molecule has 1 unspecified atom stereocenters. The van der Waals surface area contributed by atoms with Gasteiger partial charge in [-0.05, 0) is 6.92 Å². The van der Waals surface area contributed by atoms with E-state index in [1.165, 1.54) is 14.0 Å². The molecule has 64 valence electrons. The fourth-order valence-corrected chi connectivity index (χ4v) is 0.452. The summed E-state index contributed by atoms with van der Waals surface area (Å²) < 4.78 is 4.32. The quantitative estimate of drug-likeness (QED) is 0.654. The van der Waals surface area contributed by atoms with Crippen LogP contribution in [0.3, 0.4) is 0 Å². The second-order valence-corrected chi connectivity index (χ2v) is 2.38. The summed E-state index contributed by atoms with van der Waals surface area (Å²) in [6.07, 6.45) is -0.502. The first-order chi connectivity index (χ1) is 5.07. The van der Waals surface area contributed by atoms with E-state index in [1.54, 1.807) is 6.92 Å². The van der Waals surface area contributed by atoms with E-state index in [0.29, 0.717) is 6.54 Å². The molecule has 0 spiro atoms. The van der Waals surface area contributed by atoms with Gasteiger partial charge in [-0.15, -0.1) is 0 Å². The van der Waals surface area contributed by atoms with E-state index >= 15 is 0 Å². The molecule has 0 radical (unpaired) electrons. The van der Waals surface area contributed by atoms with Crippen LogP contribution in [0.5, 0.6) is 0 Å². The monoisotopic (exact) mass is 159 g/mol. The average Bonchev–Trinajstić information content (AvgIpc) is 1.99. The predicted molar refractivity (Wildman–Crippen MR) is 40.3 cm³/mol. The molecule has 0 aliphatic heterocycles. The van der Waals surface area contributed by atoms with Crippen molar-refractivity contribution in [3.63, 3.8) is 0 Å². The molecule has 0 bridgehead atoms. The van der Waals surface area contributed by atoms with E-state index in [9.17, 15) is 9.59 Å². The third kappa shape index (κ3) is 4.36. The Morgan fingerprint density at radius 3 is 2.45 bits per heavy atom. The van der Waals surface area contributed by atoms with Crippen LogP contribution in [0.15, 0.2) is 0 Å². The maximum atomic E-state index is 10.7. The molecular formula is C7H13NO3. The van der Waals surface area contributed by atoms with Crippen LogP contribution in [0.4, 0.5) is 4.79 Å². The lowest BCUT2D eigenvalue weighted by molar-refractivity contribution is -0.120. The molecule has 4 nitrogen and oxygen atoms in total. The van der Waals surface area contributed by atoms with Crippen LogP contribution < -0.4 is 5.32 Å². The minimum atomic E-state index is -0.502. The highest BCUT2D eigenvalue weighted by molar-refractivity contribution is 5.78. The van der Waals surface area contributed by atoms with Crippen molar-refractivity contribution in [3.05, 3.63) is 0 Å². The summed E-state index contributed by atoms with van der Waals surface area (Å²) >= 11 is 0. The number of hydrogen-bond acceptors (Lipinski definition) is 3. The first-order valence-corrected chi connectivity index (χ1v) is 3.40. The topological polar surface area (TPSA) is 55.4 Å². The smallest absolute Gasteiger partial charge is 0.406 e. The van der Waals surface area contributed by atoms with Gasteiger partial charge in [-0.2, -0.15) is 0 Å². The van der Waals surface area contributed by atoms with Crippen molar-refractivity contribution in [3.8, 4) is 0 Å². The van der Waals surface area contributed by atoms with E-state index in [-0.39, 0.29) is 11.7 Å². The van der Waals surface area contributed by atoms with Gasteiger partial charge in [-0.25, -0.2) is 4.79 Å². The fourth-order valence-electron chi connectivity index (χ4n) is 0.452. The van der Waals surface area contributed by atoms with Crippen LogP contribution in [0.2, 0.25) is 0 Å². The van der Waals surface area contributed by atoms with Gasteiger partial charge in [0.05, 0.1) is 7.11 Å². The minimum absolute atomic E-state index is 0.0569. The van der Waals surface area contributed by atoms with Crippen LogP contribution in [-0.2, 0) is 9.53 Å². The van der Waals surface area contributed by atoms with E-state index < -0.39 is 6.09 Å². The maximum Gasteiger partial charge on any atom is 0.406 e. The number of amides is 1. The molecule has 0 aromatic heterocycles. The highest BCUT2D eigenvalue weighted by Gasteiger charge is 2.08. The Balaban J connectivity index is 3.54. The summed E-state index contributed by atoms with van der Waals surface area (Å²) in [6.45, 7) is 3.57. The van der Waals surface area contributed by atoms with Gasteiger partial charge in [0.2, 0.25) is 0 Å². The van der Waals surface area contributed by atoms with Crippen molar-refractivity contribution < 1.29 is 14.3 Å². The molecular weight excluding hydrogens is 146 g/mol. The summed E-state index contributed by atoms with van der Waals surface area (Å²) in [6, 6.07) is 0. The first-order valence-electron chi connectivity index (χ1n) is 3.40. The van der Waals surface area contributed by atoms with Crippen LogP contribution in [-0.4, -0.2) is 25.5 Å². The molecule has 0 rings (SSSR count). The molecule has 4 heteroatoms. The molecule has 1 atom stereocenters. The van der Waals surface area contributed by atoms with Gasteiger partial charge in [-0.1, -0.05) is 6.92 Å². The number of Topliss-reactive ketones (excluding diaryl/α,β-unsaturated/α-hetero) is 1. The molecule has 0 aromatic rings. The number of ether oxygens (including phenoxy) is 1. The fraction of sp³-hybridized carbons (Fsp3) is 0.714. The van der Waals surface area contributed by atoms with Crippen molar-refractivity contribution >= 4 is 11.9 Å². The number of hydrogen-bond donors (Lipinski definition) is 1. The number of carbonyl (C=O) groups is 2. The number of nitrogens with one attached hydrogen (secondary N) is 1. The lowest BCUT2D eigenvalue weighted by Crippen LogP contribution is -2.30. The van der Waals surface area contributed by atoms with Gasteiger partial charge >= 0.3 is 6.09 Å². The number of ketones is 1. The van der Waals surface area contributed by atoms with Gasteiger partial charge < -0.3 is 10.1 Å². The van der Waals surface area contributed by atoms with Crippen molar-refractivity contribution in [1.29, 1.82) is 0 Å². The number of rotatable bonds is 3. The largest absolute Gasteiger partial charge is 0.453 e. The molecule has 0 aliphatic carbocycles. The Morgan fingerprint density at radius 2 is 2.09 bits per heavy atom. The molecule has 11 heavy (non-hydrogen) atoms. The Labute approximate surface area is 65.9 Å². The zero-order valence-electron chi connectivity index (χ0n) is 7.01. The zero-order chi connectivity index (χ0) is 8.85. The van der Waals surface area contributed by atoms with Gasteiger partial charge in [-0.3, -0.25) is 4.79 Å². The minimum Gasteiger partial charge on any atom is -0.453 e. The van der Waals surface area contributed by atoms with Crippen LogP contribution in [0.25, 0.3) is 0 Å². The predicted octanol–water partition coefficient (Wildman–Crippen LogP) is 0.568. The van der Waals surface area contributed by atoms with E-state index in [2.05, 4.69) is 10.1 Å². The standard InChI is InChI=1S/C7H13NO3/c1-5(6(2)9)4-8-7(10)11-3/h5H,4H2,1-3H3,(H,8,10). The summed E-state index contributed by atoms with van der Waals surface area (Å²) in [7, 11) is 1.29. The summed E-state index contributed by atoms with van der Waals surface area (Å²) in [5.74, 6) is -0.0875. The molecule has 0 saturated heterocycles. The lowest BCUT2D eigenvalue weighted by Gasteiger charge is -2.07. The van der Waals surface area contributed by atoms with Gasteiger partial charge in [0.25, 0.3) is 0 Å². The summed E-state index contributed by atoms with van der Waals surface area (Å²) in [5, 5.41) is 2.43. The average molecular weight is 159 g/mol. The third-order valence-corrected chi connectivity index (χ3v) is 1.43. The molecule has 0 aromatic carbocycles. The van der Waals surface area contributed by atoms with Gasteiger partial charge in [0.1, 0.15) is 5.78 Å². The molecule has 0 fully saturated rings. The van der Waals surface area contributed by atoms with E-state index in [1.807, 2.05) is 0 Å². The number of alkyl carbamates (subject to hydrolysis) is 1. The summed E-state index contributed by atoms with van der Waals surface area (Å²) in [5.41, 5.74) is 0. The summed E-state index contributed by atoms with van der Waals surface area (Å²) in [4.78, 5) is 21.1. The van der Waals surface area contributed by atoms with Crippen molar-refractivity contribution in [2.24, 2.45) is 5.92 Å². The van der Waals surface area contributed by atoms with Crippen molar-refractivity contribution in [2.75, 3.05) is 13.7 Å². The second-order valence-electron chi connectivity index (χ2n) is 2.38. The molecule has 0 aliphatic rings. The van der Waals surface area contributed by atoms with Crippen LogP contribution >= 0.6 is 0 Å². The second kappa shape index (κ2) is 4.71. The van der Waals surface area contributed by atoms with Crippen molar-refractivity contribution in [2.45, 2.75) is 13.8 Å². The SMILES string of the molecule is COC(=O)NCC(C)C(C)=O. The molecule has 0 saturated carbocycles.